The van der Waals surface area contributed by atoms with Crippen LogP contribution in [0.4, 0.5) is 0 Å². The zero-order valence-electron chi connectivity index (χ0n) is 12.7. The maximum absolute atomic E-state index is 12.1. The van der Waals surface area contributed by atoms with Crippen LogP contribution in [0.2, 0.25) is 0 Å². The summed E-state index contributed by atoms with van der Waals surface area (Å²) < 4.78 is 24.2. The number of sulfone groups is 1. The minimum atomic E-state index is -3.26. The van der Waals surface area contributed by atoms with E-state index in [1.54, 1.807) is 30.3 Å². The van der Waals surface area contributed by atoms with Crippen LogP contribution in [0.15, 0.2) is 71.6 Å². The van der Waals surface area contributed by atoms with Gasteiger partial charge in [-0.25, -0.2) is 0 Å². The van der Waals surface area contributed by atoms with Crippen molar-refractivity contribution in [2.75, 3.05) is 5.75 Å². The predicted molar refractivity (Wildman–Crippen MR) is 91.7 cm³/mol. The molecule has 0 bridgehead atoms. The third-order valence-electron chi connectivity index (χ3n) is 3.16. The third kappa shape index (κ3) is 6.82. The van der Waals surface area contributed by atoms with Crippen LogP contribution in [0.3, 0.4) is 0 Å². The van der Waals surface area contributed by atoms with E-state index in [0.29, 0.717) is 10.4 Å². The van der Waals surface area contributed by atoms with Gasteiger partial charge >= 0.3 is 109 Å². The van der Waals surface area contributed by atoms with Crippen LogP contribution < -0.4 is 5.46 Å². The van der Waals surface area contributed by atoms with E-state index in [1.165, 1.54) is 5.56 Å². The normalized spacial score (nSPS) is 10.9. The topological polar surface area (TPSA) is 94.1 Å². The van der Waals surface area contributed by atoms with Gasteiger partial charge in [0.05, 0.1) is 0 Å². The second-order valence-corrected chi connectivity index (χ2v) is 6.88. The van der Waals surface area contributed by atoms with Gasteiger partial charge in [0.25, 0.3) is 0 Å². The zero-order valence-corrected chi connectivity index (χ0v) is 13.5. The molecule has 120 valence electrons. The maximum atomic E-state index is 12.1. The summed E-state index contributed by atoms with van der Waals surface area (Å²) in [6.07, 6.45) is 5.39. The standard InChI is InChI=1S/C17H17BO2S.2H2O/c18-16-10-12-17(13-11-16)21(19,20)14-6-2-5-9-15-7-3-1-4-8-15;;/h1-4,6-8,10-13H,5,9,14H2;2*1H2/q+2;;/p-2. The van der Waals surface area contributed by atoms with Crippen LogP contribution in [-0.2, 0) is 16.3 Å². The summed E-state index contributed by atoms with van der Waals surface area (Å²) in [6, 6.07) is 16.4. The van der Waals surface area contributed by atoms with E-state index in [9.17, 15) is 8.42 Å². The molecule has 4 nitrogen and oxygen atoms in total. The first kappa shape index (κ1) is 21.1. The van der Waals surface area contributed by atoms with Crippen LogP contribution in [-0.4, -0.2) is 33.0 Å². The Kier molecular flexibility index (Phi) is 9.18. The van der Waals surface area contributed by atoms with Gasteiger partial charge in [0.1, 0.15) is 0 Å². The second kappa shape index (κ2) is 10.00. The molecule has 0 aliphatic heterocycles. The molecule has 0 unspecified atom stereocenters. The molecule has 0 atom stereocenters. The molecule has 2 rings (SSSR count). The molecule has 0 saturated heterocycles. The van der Waals surface area contributed by atoms with Crippen molar-refractivity contribution < 1.29 is 19.4 Å². The fraction of sp³-hybridized carbons (Fsp3) is 0.176. The molecule has 0 spiro atoms. The van der Waals surface area contributed by atoms with Crippen molar-refractivity contribution in [1.29, 1.82) is 0 Å². The van der Waals surface area contributed by atoms with Gasteiger partial charge in [-0.15, -0.1) is 0 Å². The summed E-state index contributed by atoms with van der Waals surface area (Å²) in [6.45, 7) is 0. The van der Waals surface area contributed by atoms with E-state index in [0.717, 1.165) is 12.8 Å². The Morgan fingerprint density at radius 2 is 1.48 bits per heavy atom. The Balaban J connectivity index is 0.00000242. The molecule has 0 fully saturated rings. The fourth-order valence-corrected chi connectivity index (χ4v) is 3.11. The van der Waals surface area contributed by atoms with Crippen molar-refractivity contribution in [1.82, 2.24) is 0 Å². The van der Waals surface area contributed by atoms with E-state index in [2.05, 4.69) is 12.1 Å². The van der Waals surface area contributed by atoms with Crippen LogP contribution in [0.5, 0.6) is 0 Å². The Bertz CT molecular complexity index is 695. The van der Waals surface area contributed by atoms with Gasteiger partial charge in [0.15, 0.2) is 0 Å². The van der Waals surface area contributed by atoms with Crippen molar-refractivity contribution in [3.05, 3.63) is 72.3 Å². The summed E-state index contributed by atoms with van der Waals surface area (Å²) in [4.78, 5) is 0.310. The van der Waals surface area contributed by atoms with Crippen molar-refractivity contribution in [2.24, 2.45) is 0 Å². The molecular formula is C17H19BO4S. The van der Waals surface area contributed by atoms with Gasteiger partial charge in [-0.3, -0.25) is 0 Å². The molecule has 6 heteroatoms. The van der Waals surface area contributed by atoms with E-state index in [1.807, 2.05) is 24.3 Å². The summed E-state index contributed by atoms with van der Waals surface area (Å²) in [5, 5.41) is 0. The smallest absolute Gasteiger partial charge is 0.870 e. The molecule has 2 N–H and O–H groups in total. The minimum absolute atomic E-state index is 0. The van der Waals surface area contributed by atoms with Gasteiger partial charge in [0.2, 0.25) is 0 Å². The molecule has 0 heterocycles. The number of rotatable bonds is 6. The molecule has 0 saturated carbocycles. The molecule has 0 aliphatic rings. The van der Waals surface area contributed by atoms with Crippen molar-refractivity contribution >= 4 is 23.1 Å². The van der Waals surface area contributed by atoms with Gasteiger partial charge < -0.3 is 11.0 Å². The molecule has 2 aromatic rings. The Morgan fingerprint density at radius 3 is 2.09 bits per heavy atom. The van der Waals surface area contributed by atoms with Gasteiger partial charge in [0, 0.05) is 0 Å². The summed E-state index contributed by atoms with van der Waals surface area (Å²) in [7, 11) is 2.29. The molecule has 0 aromatic heterocycles. The third-order valence-corrected chi connectivity index (χ3v) is 4.79. The van der Waals surface area contributed by atoms with Crippen LogP contribution in [0, 0.1) is 0 Å². The monoisotopic (exact) mass is 330 g/mol. The molecule has 23 heavy (non-hydrogen) atoms. The van der Waals surface area contributed by atoms with Gasteiger partial charge in [-0.05, 0) is 0 Å². The number of aryl methyl sites for hydroxylation is 1. The number of benzene rings is 2. The minimum Gasteiger partial charge on any atom is -0.870 e. The zero-order chi connectivity index (χ0) is 15.1. The summed E-state index contributed by atoms with van der Waals surface area (Å²) in [5.41, 5.74) is 1.82. The first-order valence-corrected chi connectivity index (χ1v) is 8.50. The average Bonchev–Trinajstić information content (AvgIpc) is 2.48. The van der Waals surface area contributed by atoms with Crippen molar-refractivity contribution in [2.45, 2.75) is 17.7 Å². The molecular weight excluding hydrogens is 311 g/mol. The largest absolute Gasteiger partial charge is 0.870 e. The molecule has 0 radical (unpaired) electrons. The fourth-order valence-electron chi connectivity index (χ4n) is 1.98. The number of hydrogen-bond donors (Lipinski definition) is 0. The Hall–Kier alpha value is -1.89. The average molecular weight is 330 g/mol. The van der Waals surface area contributed by atoms with Gasteiger partial charge in [-0.1, -0.05) is 18.2 Å². The SMILES string of the molecule is [B+2]c1ccc(S(=O)(=O)CC=CCCc2ccccc2)cc1.[OH-].[OH-]. The first-order chi connectivity index (χ1) is 10.1. The second-order valence-electron chi connectivity index (χ2n) is 4.85. The van der Waals surface area contributed by atoms with Crippen molar-refractivity contribution in [3.8, 4) is 0 Å². The number of allylic oxidation sites excluding steroid dienone is 1. The van der Waals surface area contributed by atoms with Gasteiger partial charge in [-0.2, -0.15) is 0 Å². The molecule has 2 aromatic carbocycles. The maximum Gasteiger partial charge on any atom is -0.870 e. The summed E-state index contributed by atoms with van der Waals surface area (Å²) >= 11 is 0. The quantitative estimate of drug-likeness (QED) is 0.598. The predicted octanol–water partition coefficient (Wildman–Crippen LogP) is 2.09. The van der Waals surface area contributed by atoms with E-state index in [-0.39, 0.29) is 16.7 Å². The Morgan fingerprint density at radius 1 is 0.870 bits per heavy atom. The molecule has 0 amide bonds. The van der Waals surface area contributed by atoms with Crippen LogP contribution >= 0.6 is 0 Å². The van der Waals surface area contributed by atoms with Crippen LogP contribution in [0.1, 0.15) is 12.0 Å². The van der Waals surface area contributed by atoms with E-state index < -0.39 is 9.84 Å². The first-order valence-electron chi connectivity index (χ1n) is 6.85. The van der Waals surface area contributed by atoms with Crippen LogP contribution in [0.25, 0.3) is 0 Å². The Labute approximate surface area is 138 Å². The molecule has 0 aliphatic carbocycles. The summed E-state index contributed by atoms with van der Waals surface area (Å²) in [5.74, 6) is 0.0196. The van der Waals surface area contributed by atoms with Crippen molar-refractivity contribution in [3.63, 3.8) is 0 Å². The van der Waals surface area contributed by atoms with E-state index >= 15 is 0 Å². The van der Waals surface area contributed by atoms with E-state index in [4.69, 9.17) is 7.85 Å². The number of hydrogen-bond acceptors (Lipinski definition) is 4.